The van der Waals surface area contributed by atoms with E-state index in [1.807, 2.05) is 30.3 Å². The number of benzene rings is 1. The van der Waals surface area contributed by atoms with Crippen molar-refractivity contribution >= 4 is 26.8 Å². The molecular weight excluding hydrogens is 306 g/mol. The summed E-state index contributed by atoms with van der Waals surface area (Å²) in [5, 5.41) is 0.625. The maximum absolute atomic E-state index is 12.3. The standard InChI is InChI=1S/C14H10BrN3O/c15-10-5-6-16-11(7-10)8-18-9-17-13-4-2-1-3-12(13)14(18)19/h1-7,9H,8H2. The Morgan fingerprint density at radius 2 is 2.00 bits per heavy atom. The van der Waals surface area contributed by atoms with Gasteiger partial charge in [0.05, 0.1) is 29.5 Å². The number of hydrogen-bond donors (Lipinski definition) is 0. The highest BCUT2D eigenvalue weighted by Crippen LogP contribution is 2.10. The summed E-state index contributed by atoms with van der Waals surface area (Å²) < 4.78 is 2.51. The number of nitrogens with zero attached hydrogens (tertiary/aromatic N) is 3. The molecule has 0 saturated carbocycles. The summed E-state index contributed by atoms with van der Waals surface area (Å²) in [6, 6.07) is 11.1. The van der Waals surface area contributed by atoms with E-state index in [2.05, 4.69) is 25.9 Å². The van der Waals surface area contributed by atoms with Crippen molar-refractivity contribution in [1.82, 2.24) is 14.5 Å². The van der Waals surface area contributed by atoms with Crippen molar-refractivity contribution in [1.29, 1.82) is 0 Å². The van der Waals surface area contributed by atoms with Gasteiger partial charge < -0.3 is 0 Å². The van der Waals surface area contributed by atoms with Gasteiger partial charge in [-0.3, -0.25) is 14.3 Å². The first kappa shape index (κ1) is 12.0. The van der Waals surface area contributed by atoms with Gasteiger partial charge in [-0.25, -0.2) is 4.98 Å². The number of fused-ring (bicyclic) bond motifs is 1. The summed E-state index contributed by atoms with van der Waals surface area (Å²) in [5.41, 5.74) is 1.48. The van der Waals surface area contributed by atoms with Gasteiger partial charge in [0.25, 0.3) is 5.56 Å². The number of aromatic nitrogens is 3. The Kier molecular flexibility index (Phi) is 3.13. The molecule has 0 atom stereocenters. The van der Waals surface area contributed by atoms with Crippen molar-refractivity contribution in [3.8, 4) is 0 Å². The van der Waals surface area contributed by atoms with Crippen molar-refractivity contribution in [2.24, 2.45) is 0 Å². The molecule has 94 valence electrons. The summed E-state index contributed by atoms with van der Waals surface area (Å²) in [5.74, 6) is 0. The molecule has 0 spiro atoms. The summed E-state index contributed by atoms with van der Waals surface area (Å²) in [6.07, 6.45) is 3.27. The van der Waals surface area contributed by atoms with E-state index < -0.39 is 0 Å². The van der Waals surface area contributed by atoms with E-state index in [4.69, 9.17) is 0 Å². The van der Waals surface area contributed by atoms with Crippen LogP contribution in [0, 0.1) is 0 Å². The zero-order chi connectivity index (χ0) is 13.2. The van der Waals surface area contributed by atoms with Crippen LogP contribution in [0.5, 0.6) is 0 Å². The highest BCUT2D eigenvalue weighted by atomic mass is 79.9. The van der Waals surface area contributed by atoms with Crippen molar-refractivity contribution in [2.75, 3.05) is 0 Å². The van der Waals surface area contributed by atoms with E-state index in [1.54, 1.807) is 23.2 Å². The largest absolute Gasteiger partial charge is 0.293 e. The summed E-state index contributed by atoms with van der Waals surface area (Å²) in [7, 11) is 0. The highest BCUT2D eigenvalue weighted by molar-refractivity contribution is 9.10. The summed E-state index contributed by atoms with van der Waals surface area (Å²) >= 11 is 3.39. The van der Waals surface area contributed by atoms with Crippen molar-refractivity contribution in [2.45, 2.75) is 6.54 Å². The van der Waals surface area contributed by atoms with Crippen LogP contribution < -0.4 is 5.56 Å². The van der Waals surface area contributed by atoms with E-state index >= 15 is 0 Å². The Balaban J connectivity index is 2.06. The lowest BCUT2D eigenvalue weighted by Crippen LogP contribution is -2.21. The molecule has 0 aliphatic heterocycles. The quantitative estimate of drug-likeness (QED) is 0.730. The Hall–Kier alpha value is -2.01. The molecule has 2 heterocycles. The molecule has 3 rings (SSSR count). The topological polar surface area (TPSA) is 47.8 Å². The molecule has 0 amide bonds. The lowest BCUT2D eigenvalue weighted by molar-refractivity contribution is 0.729. The minimum absolute atomic E-state index is 0.0487. The van der Waals surface area contributed by atoms with Crippen LogP contribution in [0.25, 0.3) is 10.9 Å². The minimum Gasteiger partial charge on any atom is -0.293 e. The second-order valence-corrected chi connectivity index (χ2v) is 5.08. The Labute approximate surface area is 117 Å². The minimum atomic E-state index is -0.0487. The molecular formula is C14H10BrN3O. The van der Waals surface area contributed by atoms with Crippen molar-refractivity contribution < 1.29 is 0 Å². The van der Waals surface area contributed by atoms with E-state index in [0.717, 1.165) is 10.2 Å². The third-order valence-electron chi connectivity index (χ3n) is 2.84. The number of rotatable bonds is 2. The Morgan fingerprint density at radius 3 is 2.84 bits per heavy atom. The van der Waals surface area contributed by atoms with Gasteiger partial charge in [-0.2, -0.15) is 0 Å². The van der Waals surface area contributed by atoms with E-state index in [-0.39, 0.29) is 5.56 Å². The molecule has 0 N–H and O–H groups in total. The van der Waals surface area contributed by atoms with Crippen LogP contribution in [0.15, 0.2) is 58.2 Å². The maximum atomic E-state index is 12.3. The van der Waals surface area contributed by atoms with Crippen LogP contribution >= 0.6 is 15.9 Å². The first-order valence-corrected chi connectivity index (χ1v) is 6.58. The maximum Gasteiger partial charge on any atom is 0.261 e. The summed E-state index contributed by atoms with van der Waals surface area (Å²) in [6.45, 7) is 0.413. The highest BCUT2D eigenvalue weighted by Gasteiger charge is 2.04. The van der Waals surface area contributed by atoms with E-state index in [0.29, 0.717) is 17.4 Å². The zero-order valence-electron chi connectivity index (χ0n) is 9.95. The number of para-hydroxylation sites is 1. The van der Waals surface area contributed by atoms with Crippen molar-refractivity contribution in [3.05, 3.63) is 69.4 Å². The van der Waals surface area contributed by atoms with Crippen LogP contribution in [-0.4, -0.2) is 14.5 Å². The van der Waals surface area contributed by atoms with Gasteiger partial charge in [-0.05, 0) is 24.3 Å². The molecule has 0 aliphatic rings. The Bertz CT molecular complexity index is 798. The predicted molar refractivity (Wildman–Crippen MR) is 77.0 cm³/mol. The molecule has 5 heteroatoms. The fourth-order valence-electron chi connectivity index (χ4n) is 1.93. The monoisotopic (exact) mass is 315 g/mol. The fraction of sp³-hybridized carbons (Fsp3) is 0.0714. The van der Waals surface area contributed by atoms with Crippen LogP contribution in [0.4, 0.5) is 0 Å². The first-order chi connectivity index (χ1) is 9.24. The molecule has 0 radical (unpaired) electrons. The number of hydrogen-bond acceptors (Lipinski definition) is 3. The van der Waals surface area contributed by atoms with Gasteiger partial charge >= 0.3 is 0 Å². The third kappa shape index (κ3) is 2.42. The van der Waals surface area contributed by atoms with E-state index in [1.165, 1.54) is 0 Å². The molecule has 0 saturated heterocycles. The SMILES string of the molecule is O=c1c2ccccc2ncn1Cc1cc(Br)ccn1. The lowest BCUT2D eigenvalue weighted by atomic mass is 10.2. The molecule has 3 aromatic rings. The van der Waals surface area contributed by atoms with Crippen molar-refractivity contribution in [3.63, 3.8) is 0 Å². The van der Waals surface area contributed by atoms with Gasteiger partial charge in [-0.15, -0.1) is 0 Å². The molecule has 0 fully saturated rings. The fourth-order valence-corrected chi connectivity index (χ4v) is 2.31. The molecule has 1 aromatic carbocycles. The van der Waals surface area contributed by atoms with Gasteiger partial charge in [0.15, 0.2) is 0 Å². The lowest BCUT2D eigenvalue weighted by Gasteiger charge is -2.06. The molecule has 0 bridgehead atoms. The van der Waals surface area contributed by atoms with Gasteiger partial charge in [0.1, 0.15) is 0 Å². The molecule has 19 heavy (non-hydrogen) atoms. The van der Waals surface area contributed by atoms with Crippen LogP contribution in [0.1, 0.15) is 5.69 Å². The summed E-state index contributed by atoms with van der Waals surface area (Å²) in [4.78, 5) is 20.8. The normalized spacial score (nSPS) is 10.8. The van der Waals surface area contributed by atoms with Crippen LogP contribution in [0.3, 0.4) is 0 Å². The molecule has 2 aromatic heterocycles. The average molecular weight is 316 g/mol. The number of halogens is 1. The van der Waals surface area contributed by atoms with E-state index in [9.17, 15) is 4.79 Å². The molecule has 0 aliphatic carbocycles. The van der Waals surface area contributed by atoms with Gasteiger partial charge in [0, 0.05) is 10.7 Å². The van der Waals surface area contributed by atoms with Gasteiger partial charge in [-0.1, -0.05) is 28.1 Å². The molecule has 4 nitrogen and oxygen atoms in total. The second-order valence-electron chi connectivity index (χ2n) is 4.16. The van der Waals surface area contributed by atoms with Crippen LogP contribution in [0.2, 0.25) is 0 Å². The third-order valence-corrected chi connectivity index (χ3v) is 3.34. The first-order valence-electron chi connectivity index (χ1n) is 5.79. The zero-order valence-corrected chi connectivity index (χ0v) is 11.5. The van der Waals surface area contributed by atoms with Gasteiger partial charge in [0.2, 0.25) is 0 Å². The smallest absolute Gasteiger partial charge is 0.261 e. The van der Waals surface area contributed by atoms with Crippen LogP contribution in [-0.2, 0) is 6.54 Å². The number of pyridine rings is 1. The second kappa shape index (κ2) is 4.93. The predicted octanol–water partition coefficient (Wildman–Crippen LogP) is 2.60. The average Bonchev–Trinajstić information content (AvgIpc) is 2.42. The molecule has 0 unspecified atom stereocenters. The Morgan fingerprint density at radius 1 is 1.16 bits per heavy atom.